The van der Waals surface area contributed by atoms with Gasteiger partial charge >= 0.3 is 5.69 Å². The molecule has 1 atom stereocenters. The molecule has 1 saturated heterocycles. The van der Waals surface area contributed by atoms with Crippen molar-refractivity contribution in [3.05, 3.63) is 81.6 Å². The van der Waals surface area contributed by atoms with Gasteiger partial charge in [-0.05, 0) is 62.8 Å². The van der Waals surface area contributed by atoms with E-state index in [0.29, 0.717) is 60.1 Å². The van der Waals surface area contributed by atoms with Crippen molar-refractivity contribution in [2.45, 2.75) is 51.2 Å². The molecule has 4 aromatic rings. The Morgan fingerprint density at radius 1 is 1.12 bits per heavy atom. The second-order valence-electron chi connectivity index (χ2n) is 11.1. The van der Waals surface area contributed by atoms with Crippen molar-refractivity contribution in [1.29, 1.82) is 0 Å². The number of hydrogen-bond donors (Lipinski definition) is 2. The molecule has 3 aromatic heterocycles. The van der Waals surface area contributed by atoms with Crippen LogP contribution in [0.3, 0.4) is 0 Å². The molecule has 0 unspecified atom stereocenters. The van der Waals surface area contributed by atoms with Gasteiger partial charge in [-0.1, -0.05) is 23.7 Å². The first-order valence-corrected chi connectivity index (χ1v) is 14.9. The second kappa shape index (κ2) is 12.6. The zero-order valence-electron chi connectivity index (χ0n) is 23.6. The monoisotopic (exact) mass is 590 g/mol. The van der Waals surface area contributed by atoms with E-state index in [9.17, 15) is 9.59 Å². The fraction of sp³-hybridized carbons (Fsp3) is 0.419. The van der Waals surface area contributed by atoms with E-state index in [0.717, 1.165) is 43.3 Å². The lowest BCUT2D eigenvalue weighted by atomic mass is 9.85. The minimum absolute atomic E-state index is 0.0819. The minimum Gasteiger partial charge on any atom is -0.476 e. The number of amides is 1. The standard InChI is InChI=1S/C31H35ClN6O4/c1-20-26(14-22(32)15-34-20)30(39)36-23-8-6-21(7-9-23)17-37-27-4-2-3-5-28(27)38(31(37)40)25-10-11-29(35-16-25)42-19-24-18-41-13-12-33-24/h2-5,10-11,14-16,21,23-24,33H,6-9,12-13,17-19H2,1H3,(H,36,39)/t21?,23?,24-/m1/s1. The van der Waals surface area contributed by atoms with Gasteiger partial charge in [-0.3, -0.25) is 18.9 Å². The molecule has 0 spiro atoms. The number of ether oxygens (including phenoxy) is 2. The summed E-state index contributed by atoms with van der Waals surface area (Å²) in [6, 6.07) is 13.4. The molecule has 2 aliphatic rings. The number of carbonyl (C=O) groups is 1. The quantitative estimate of drug-likeness (QED) is 0.320. The van der Waals surface area contributed by atoms with Gasteiger partial charge in [0.2, 0.25) is 5.88 Å². The molecule has 6 rings (SSSR count). The third kappa shape index (κ3) is 6.21. The van der Waals surface area contributed by atoms with Gasteiger partial charge in [0.15, 0.2) is 0 Å². The Morgan fingerprint density at radius 3 is 2.67 bits per heavy atom. The van der Waals surface area contributed by atoms with Crippen LogP contribution in [0.25, 0.3) is 16.7 Å². The van der Waals surface area contributed by atoms with Crippen LogP contribution < -0.4 is 21.1 Å². The molecular weight excluding hydrogens is 556 g/mol. The number of para-hydroxylation sites is 2. The number of morpholine rings is 1. The van der Waals surface area contributed by atoms with Crippen LogP contribution in [0.5, 0.6) is 5.88 Å². The van der Waals surface area contributed by atoms with Gasteiger partial charge in [0.05, 0.1) is 58.5 Å². The number of carbonyl (C=O) groups excluding carboxylic acids is 1. The van der Waals surface area contributed by atoms with Gasteiger partial charge < -0.3 is 20.1 Å². The molecule has 1 saturated carbocycles. The summed E-state index contributed by atoms with van der Waals surface area (Å²) in [5.74, 6) is 0.694. The zero-order valence-corrected chi connectivity index (χ0v) is 24.3. The first-order valence-electron chi connectivity index (χ1n) is 14.5. The molecule has 2 N–H and O–H groups in total. The summed E-state index contributed by atoms with van der Waals surface area (Å²) in [6.07, 6.45) is 6.76. The van der Waals surface area contributed by atoms with Gasteiger partial charge in [0.25, 0.3) is 5.91 Å². The minimum atomic E-state index is -0.144. The summed E-state index contributed by atoms with van der Waals surface area (Å²) < 4.78 is 14.9. The van der Waals surface area contributed by atoms with Crippen molar-refractivity contribution < 1.29 is 14.3 Å². The number of nitrogens with zero attached hydrogens (tertiary/aromatic N) is 4. The lowest BCUT2D eigenvalue weighted by Crippen LogP contribution is -2.44. The van der Waals surface area contributed by atoms with Gasteiger partial charge in [-0.25, -0.2) is 9.78 Å². The number of halogens is 1. The Kier molecular flexibility index (Phi) is 8.55. The van der Waals surface area contributed by atoms with E-state index in [-0.39, 0.29) is 23.7 Å². The molecule has 42 heavy (non-hydrogen) atoms. The van der Waals surface area contributed by atoms with Crippen LogP contribution in [0.2, 0.25) is 5.02 Å². The maximum absolute atomic E-state index is 13.8. The van der Waals surface area contributed by atoms with Crippen LogP contribution in [0.4, 0.5) is 0 Å². The van der Waals surface area contributed by atoms with Crippen molar-refractivity contribution in [3.63, 3.8) is 0 Å². The van der Waals surface area contributed by atoms with Gasteiger partial charge in [-0.15, -0.1) is 0 Å². The predicted octanol–water partition coefficient (Wildman–Crippen LogP) is 3.90. The molecule has 1 aliphatic carbocycles. The zero-order chi connectivity index (χ0) is 29.1. The van der Waals surface area contributed by atoms with Crippen molar-refractivity contribution in [2.75, 3.05) is 26.4 Å². The van der Waals surface area contributed by atoms with Crippen LogP contribution in [-0.2, 0) is 11.3 Å². The van der Waals surface area contributed by atoms with Crippen molar-refractivity contribution in [2.24, 2.45) is 5.92 Å². The largest absolute Gasteiger partial charge is 0.476 e. The highest BCUT2D eigenvalue weighted by Crippen LogP contribution is 2.28. The Hall–Kier alpha value is -3.73. The summed E-state index contributed by atoms with van der Waals surface area (Å²) in [6.45, 7) is 5.04. The SMILES string of the molecule is Cc1ncc(Cl)cc1C(=O)NC1CCC(Cn2c(=O)n(-c3ccc(OC[C@H]4COCCN4)nc3)c3ccccc32)CC1. The topological polar surface area (TPSA) is 112 Å². The van der Waals surface area contributed by atoms with Crippen molar-refractivity contribution >= 4 is 28.5 Å². The molecule has 220 valence electrons. The molecule has 10 nitrogen and oxygen atoms in total. The fourth-order valence-corrected chi connectivity index (χ4v) is 6.04. The molecule has 1 amide bonds. The molecule has 1 aliphatic heterocycles. The van der Waals surface area contributed by atoms with E-state index in [1.165, 1.54) is 0 Å². The Balaban J connectivity index is 1.12. The molecule has 0 radical (unpaired) electrons. The van der Waals surface area contributed by atoms with E-state index in [4.69, 9.17) is 21.1 Å². The van der Waals surface area contributed by atoms with Crippen molar-refractivity contribution in [1.82, 2.24) is 29.7 Å². The normalized spacial score (nSPS) is 20.9. The number of imidazole rings is 1. The van der Waals surface area contributed by atoms with E-state index >= 15 is 0 Å². The van der Waals surface area contributed by atoms with E-state index in [1.54, 1.807) is 36.0 Å². The van der Waals surface area contributed by atoms with Gasteiger partial charge in [-0.2, -0.15) is 0 Å². The average molecular weight is 591 g/mol. The second-order valence-corrected chi connectivity index (χ2v) is 11.5. The number of benzene rings is 1. The number of pyridine rings is 2. The maximum atomic E-state index is 13.8. The number of aromatic nitrogens is 4. The number of hydrogen-bond acceptors (Lipinski definition) is 7. The predicted molar refractivity (Wildman–Crippen MR) is 161 cm³/mol. The van der Waals surface area contributed by atoms with Crippen LogP contribution >= 0.6 is 11.6 Å². The highest BCUT2D eigenvalue weighted by Gasteiger charge is 2.26. The Labute approximate surface area is 249 Å². The number of fused-ring (bicyclic) bond motifs is 1. The summed E-state index contributed by atoms with van der Waals surface area (Å²) >= 11 is 6.05. The summed E-state index contributed by atoms with van der Waals surface area (Å²) in [5.41, 5.74) is 3.51. The summed E-state index contributed by atoms with van der Waals surface area (Å²) in [7, 11) is 0. The first-order chi connectivity index (χ1) is 20.5. The molecule has 11 heteroatoms. The smallest absolute Gasteiger partial charge is 0.333 e. The maximum Gasteiger partial charge on any atom is 0.333 e. The highest BCUT2D eigenvalue weighted by molar-refractivity contribution is 6.30. The molecule has 1 aromatic carbocycles. The highest BCUT2D eigenvalue weighted by atomic mass is 35.5. The van der Waals surface area contributed by atoms with Crippen LogP contribution in [0, 0.1) is 12.8 Å². The Morgan fingerprint density at radius 2 is 1.93 bits per heavy atom. The number of rotatable bonds is 8. The van der Waals surface area contributed by atoms with Gasteiger partial charge in [0, 0.05) is 31.4 Å². The lowest BCUT2D eigenvalue weighted by molar-refractivity contribution is 0.0585. The van der Waals surface area contributed by atoms with Gasteiger partial charge in [0.1, 0.15) is 6.61 Å². The third-order valence-electron chi connectivity index (χ3n) is 8.17. The number of aryl methyl sites for hydroxylation is 1. The molecule has 0 bridgehead atoms. The number of nitrogens with one attached hydrogen (secondary N) is 2. The molecule has 2 fully saturated rings. The average Bonchev–Trinajstić information content (AvgIpc) is 3.29. The van der Waals surface area contributed by atoms with Crippen LogP contribution in [0.1, 0.15) is 41.7 Å². The van der Waals surface area contributed by atoms with Crippen molar-refractivity contribution in [3.8, 4) is 11.6 Å². The Bertz CT molecular complexity index is 1600. The third-order valence-corrected chi connectivity index (χ3v) is 8.37. The first kappa shape index (κ1) is 28.4. The van der Waals surface area contributed by atoms with E-state index < -0.39 is 0 Å². The van der Waals surface area contributed by atoms with E-state index in [2.05, 4.69) is 20.6 Å². The summed E-state index contributed by atoms with van der Waals surface area (Å²) in [5, 5.41) is 6.96. The lowest BCUT2D eigenvalue weighted by Gasteiger charge is -2.29. The van der Waals surface area contributed by atoms with Crippen LogP contribution in [-0.4, -0.2) is 63.5 Å². The van der Waals surface area contributed by atoms with Crippen LogP contribution in [0.15, 0.2) is 59.7 Å². The molecule has 4 heterocycles. The molecular formula is C31H35ClN6O4. The van der Waals surface area contributed by atoms with E-state index in [1.807, 2.05) is 34.9 Å². The fourth-order valence-electron chi connectivity index (χ4n) is 5.89. The summed E-state index contributed by atoms with van der Waals surface area (Å²) in [4.78, 5) is 35.3.